The molecule has 7 aliphatic heterocycles. The van der Waals surface area contributed by atoms with Crippen LogP contribution in [-0.4, -0.2) is 97.3 Å². The molecule has 8 heterocycles. The third kappa shape index (κ3) is 4.09. The molecule has 288 valence electrons. The first-order chi connectivity index (χ1) is 26.7. The maximum atomic E-state index is 13.7. The van der Waals surface area contributed by atoms with Crippen LogP contribution >= 0.6 is 0 Å². The van der Waals surface area contributed by atoms with Crippen molar-refractivity contribution in [3.63, 3.8) is 0 Å². The minimum absolute atomic E-state index is 0.00923. The number of likely N-dealkylation sites (N-methyl/N-ethyl adjacent to an activating group) is 1. The zero-order valence-electron chi connectivity index (χ0n) is 32.4. The molecule has 1 aromatic heterocycles. The fourth-order valence-corrected chi connectivity index (χ4v) is 13.2. The highest BCUT2D eigenvalue weighted by Gasteiger charge is 2.76. The number of phenolic OH excluding ortho intramolecular Hbond substituents is 1. The Morgan fingerprint density at radius 2 is 1.96 bits per heavy atom. The molecule has 4 fully saturated rings. The zero-order valence-corrected chi connectivity index (χ0v) is 32.4. The number of phenols is 1. The fraction of sp³-hybridized carbons (Fsp3) is 0.523. The number of carbonyl (C=O) groups is 1. The van der Waals surface area contributed by atoms with Crippen molar-refractivity contribution in [1.82, 2.24) is 14.4 Å². The van der Waals surface area contributed by atoms with Crippen LogP contribution in [0.1, 0.15) is 55.5 Å². The molecule has 0 amide bonds. The van der Waals surface area contributed by atoms with E-state index in [0.717, 1.165) is 55.8 Å². The van der Waals surface area contributed by atoms with Crippen molar-refractivity contribution < 1.29 is 33.6 Å². The standard InChI is InChI=1S/C44H50N4O7/c1-7-43-19-26(41(50)53-6)39-44(28-18-33(49)37(51-4)38(52-5)34(28)45-39)14-15-48(42(43)44)30(36-40(43)55-36)13-12-22-20-54-21-27-24(22)16-32-35-25(17-31(27)46(32)2)23-10-8-9-11-29(23)47(35)3/h8-13,18,20,24,27,30-32,36,40,42,45,49H,7,14-17,19,21H2,1-6H3/b13-12+/t24-,27+,30-,31-,32-,36+,40+,42-,43+,44-/m1/s1. The quantitative estimate of drug-likeness (QED) is 0.185. The zero-order chi connectivity index (χ0) is 37.7. The molecule has 11 heteroatoms. The van der Waals surface area contributed by atoms with E-state index in [2.05, 4.69) is 77.1 Å². The second kappa shape index (κ2) is 11.6. The number of hydrogen-bond donors (Lipinski definition) is 2. The van der Waals surface area contributed by atoms with E-state index in [-0.39, 0.29) is 47.2 Å². The number of aromatic nitrogens is 1. The highest BCUT2D eigenvalue weighted by atomic mass is 16.6. The number of nitrogens with one attached hydrogen (secondary N) is 1. The average molecular weight is 747 g/mol. The third-order valence-electron chi connectivity index (χ3n) is 15.5. The summed E-state index contributed by atoms with van der Waals surface area (Å²) in [6.45, 7) is 3.78. The van der Waals surface area contributed by atoms with E-state index < -0.39 is 5.41 Å². The minimum Gasteiger partial charge on any atom is -0.504 e. The van der Waals surface area contributed by atoms with Gasteiger partial charge in [0.15, 0.2) is 11.5 Å². The first-order valence-electron chi connectivity index (χ1n) is 20.0. The van der Waals surface area contributed by atoms with Gasteiger partial charge in [0.2, 0.25) is 5.75 Å². The number of esters is 1. The van der Waals surface area contributed by atoms with E-state index in [0.29, 0.717) is 41.7 Å². The van der Waals surface area contributed by atoms with Gasteiger partial charge in [-0.2, -0.15) is 0 Å². The predicted molar refractivity (Wildman–Crippen MR) is 206 cm³/mol. The van der Waals surface area contributed by atoms with Gasteiger partial charge >= 0.3 is 5.97 Å². The SMILES string of the molecule is CC[C@]12CC(C(=O)OC)=C3Nc4c(cc(O)c(OC)c4OC)[C@]34CCN([C@H](/C=C/C3=COC[C@H]5[C@@H]3C[C@@H]3c6c(c7ccccc7n6C)C[C@H]5N3C)[C@@H]3O[C@@H]31)[C@H]24. The molecular formula is C44H50N4O7. The molecule has 0 radical (unpaired) electrons. The van der Waals surface area contributed by atoms with Crippen molar-refractivity contribution >= 4 is 22.6 Å². The van der Waals surface area contributed by atoms with Gasteiger partial charge in [-0.25, -0.2) is 4.79 Å². The van der Waals surface area contributed by atoms with Crippen molar-refractivity contribution in [2.24, 2.45) is 24.3 Å². The molecule has 8 aliphatic rings. The molecular weight excluding hydrogens is 697 g/mol. The van der Waals surface area contributed by atoms with Crippen LogP contribution in [0.4, 0.5) is 5.69 Å². The van der Waals surface area contributed by atoms with Gasteiger partial charge in [0.1, 0.15) is 6.10 Å². The molecule has 2 bridgehead atoms. The first-order valence-corrected chi connectivity index (χ1v) is 20.0. The Bertz CT molecular complexity index is 2280. The number of piperidine rings is 2. The largest absolute Gasteiger partial charge is 0.504 e. The molecule has 2 aromatic carbocycles. The Morgan fingerprint density at radius 3 is 2.75 bits per heavy atom. The summed E-state index contributed by atoms with van der Waals surface area (Å²) in [5.74, 6) is 1.19. The van der Waals surface area contributed by atoms with E-state index in [1.807, 2.05) is 12.3 Å². The van der Waals surface area contributed by atoms with E-state index in [1.54, 1.807) is 7.11 Å². The number of methoxy groups -OCH3 is 3. The van der Waals surface area contributed by atoms with Gasteiger partial charge in [-0.3, -0.25) is 9.80 Å². The highest BCUT2D eigenvalue weighted by molar-refractivity contribution is 5.94. The number of nitrogens with zero attached hydrogens (tertiary/aromatic N) is 3. The Labute approximate surface area is 321 Å². The van der Waals surface area contributed by atoms with Crippen LogP contribution in [0.25, 0.3) is 10.9 Å². The summed E-state index contributed by atoms with van der Waals surface area (Å²) in [6, 6.07) is 11.5. The lowest BCUT2D eigenvalue weighted by atomic mass is 9.53. The smallest absolute Gasteiger partial charge is 0.335 e. The van der Waals surface area contributed by atoms with Crippen molar-refractivity contribution in [2.45, 2.75) is 80.8 Å². The molecule has 11 nitrogen and oxygen atoms in total. The molecule has 1 aliphatic carbocycles. The van der Waals surface area contributed by atoms with E-state index in [4.69, 9.17) is 23.7 Å². The van der Waals surface area contributed by atoms with E-state index >= 15 is 0 Å². The minimum atomic E-state index is -0.604. The molecule has 1 spiro atoms. The summed E-state index contributed by atoms with van der Waals surface area (Å²) in [6.07, 6.45) is 11.0. The molecule has 0 unspecified atom stereocenters. The molecule has 10 atom stereocenters. The number of ether oxygens (including phenoxy) is 5. The third-order valence-corrected chi connectivity index (χ3v) is 15.5. The number of carbonyl (C=O) groups excluding carboxylic acids is 1. The van der Waals surface area contributed by atoms with E-state index in [1.165, 1.54) is 42.0 Å². The summed E-state index contributed by atoms with van der Waals surface area (Å²) in [4.78, 5) is 19.0. The number of fused-ring (bicyclic) bond motifs is 11. The van der Waals surface area contributed by atoms with Gasteiger partial charge in [0.25, 0.3) is 0 Å². The Morgan fingerprint density at radius 1 is 1.15 bits per heavy atom. The number of aryl methyl sites for hydroxylation is 1. The van der Waals surface area contributed by atoms with E-state index in [9.17, 15) is 9.90 Å². The van der Waals surface area contributed by atoms with Crippen molar-refractivity contribution in [2.75, 3.05) is 46.8 Å². The second-order valence-corrected chi connectivity index (χ2v) is 17.2. The van der Waals surface area contributed by atoms with Crippen LogP contribution in [0.15, 0.2) is 65.6 Å². The van der Waals surface area contributed by atoms with Gasteiger partial charge in [-0.1, -0.05) is 37.3 Å². The van der Waals surface area contributed by atoms with Crippen LogP contribution in [0.2, 0.25) is 0 Å². The number of allylic oxidation sites excluding steroid dienone is 2. The number of anilines is 1. The van der Waals surface area contributed by atoms with Gasteiger partial charge < -0.3 is 38.7 Å². The number of hydrogen-bond acceptors (Lipinski definition) is 10. The molecule has 2 N–H and O–H groups in total. The monoisotopic (exact) mass is 746 g/mol. The lowest BCUT2D eigenvalue weighted by Crippen LogP contribution is -2.65. The normalized spacial score (nSPS) is 36.5. The molecule has 4 saturated heterocycles. The summed E-state index contributed by atoms with van der Waals surface area (Å²) in [7, 11) is 9.12. The number of aromatic hydroxyl groups is 1. The first kappa shape index (κ1) is 33.9. The second-order valence-electron chi connectivity index (χ2n) is 17.2. The molecule has 55 heavy (non-hydrogen) atoms. The number of rotatable bonds is 6. The lowest BCUT2D eigenvalue weighted by molar-refractivity contribution is -0.137. The molecule has 0 saturated carbocycles. The van der Waals surface area contributed by atoms with Crippen LogP contribution in [0.5, 0.6) is 17.2 Å². The van der Waals surface area contributed by atoms with Crippen LogP contribution in [-0.2, 0) is 37.9 Å². The van der Waals surface area contributed by atoms with Crippen molar-refractivity contribution in [3.8, 4) is 17.2 Å². The van der Waals surface area contributed by atoms with Gasteiger partial charge in [0, 0.05) is 59.3 Å². The highest BCUT2D eigenvalue weighted by Crippen LogP contribution is 2.71. The number of benzene rings is 2. The summed E-state index contributed by atoms with van der Waals surface area (Å²) < 4.78 is 32.5. The van der Waals surface area contributed by atoms with Gasteiger partial charge in [0.05, 0.1) is 69.1 Å². The molecule has 3 aromatic rings. The lowest BCUT2D eigenvalue weighted by Gasteiger charge is -2.56. The fourth-order valence-electron chi connectivity index (χ4n) is 13.2. The average Bonchev–Trinajstić information content (AvgIpc) is 3.71. The van der Waals surface area contributed by atoms with Gasteiger partial charge in [-0.05, 0) is 73.9 Å². The van der Waals surface area contributed by atoms with Crippen molar-refractivity contribution in [3.05, 3.63) is 82.4 Å². The number of para-hydroxylation sites is 1. The van der Waals surface area contributed by atoms with Crippen LogP contribution < -0.4 is 14.8 Å². The molecule has 11 rings (SSSR count). The summed E-state index contributed by atoms with van der Waals surface area (Å²) in [5, 5.41) is 16.4. The summed E-state index contributed by atoms with van der Waals surface area (Å²) >= 11 is 0. The Hall–Kier alpha value is -4.45. The predicted octanol–water partition coefficient (Wildman–Crippen LogP) is 5.72. The maximum absolute atomic E-state index is 13.7. The Kier molecular flexibility index (Phi) is 7.11. The maximum Gasteiger partial charge on any atom is 0.335 e. The Balaban J connectivity index is 0.978. The van der Waals surface area contributed by atoms with Crippen LogP contribution in [0.3, 0.4) is 0 Å². The van der Waals surface area contributed by atoms with Crippen LogP contribution in [0, 0.1) is 17.3 Å². The van der Waals surface area contributed by atoms with Gasteiger partial charge in [-0.15, -0.1) is 0 Å². The topological polar surface area (TPSA) is 110 Å². The number of epoxide rings is 1. The van der Waals surface area contributed by atoms with Crippen molar-refractivity contribution in [1.29, 1.82) is 0 Å². The summed E-state index contributed by atoms with van der Waals surface area (Å²) in [5.41, 5.74) is 7.82.